The minimum atomic E-state index is -3.04. The summed E-state index contributed by atoms with van der Waals surface area (Å²) in [6.45, 7) is 0.136. The molecule has 1 aliphatic heterocycles. The molecule has 1 fully saturated rings. The van der Waals surface area contributed by atoms with Gasteiger partial charge in [0.15, 0.2) is 9.84 Å². The van der Waals surface area contributed by atoms with Gasteiger partial charge in [0.1, 0.15) is 0 Å². The molecule has 2 heterocycles. The van der Waals surface area contributed by atoms with Crippen LogP contribution in [0.3, 0.4) is 0 Å². The molecule has 1 aliphatic rings. The Balaban J connectivity index is 1.39. The number of nitrogens with zero attached hydrogens (tertiary/aromatic N) is 1. The van der Waals surface area contributed by atoms with Crippen LogP contribution in [-0.2, 0) is 14.6 Å². The number of urea groups is 1. The van der Waals surface area contributed by atoms with Crippen LogP contribution < -0.4 is 16.0 Å². The number of carbonyl (C=O) groups is 2. The summed E-state index contributed by atoms with van der Waals surface area (Å²) < 4.78 is 22.7. The van der Waals surface area contributed by atoms with Gasteiger partial charge in [-0.2, -0.15) is 0 Å². The predicted molar refractivity (Wildman–Crippen MR) is 92.9 cm³/mol. The number of amides is 3. The lowest BCUT2D eigenvalue weighted by molar-refractivity contribution is -0.116. The van der Waals surface area contributed by atoms with Crippen LogP contribution in [0.25, 0.3) is 11.0 Å². The molecule has 4 N–H and O–H groups in total. The van der Waals surface area contributed by atoms with E-state index < -0.39 is 15.9 Å². The van der Waals surface area contributed by atoms with Crippen LogP contribution >= 0.6 is 0 Å². The average Bonchev–Trinajstić information content (AvgIpc) is 3.09. The van der Waals surface area contributed by atoms with Crippen molar-refractivity contribution < 1.29 is 18.0 Å². The van der Waals surface area contributed by atoms with Gasteiger partial charge in [-0.15, -0.1) is 0 Å². The van der Waals surface area contributed by atoms with E-state index in [1.54, 1.807) is 0 Å². The number of para-hydroxylation sites is 2. The lowest BCUT2D eigenvalue weighted by Gasteiger charge is -2.11. The second-order valence-corrected chi connectivity index (χ2v) is 8.13. The molecule has 3 amide bonds. The number of carbonyl (C=O) groups excluding carboxylic acids is 2. The van der Waals surface area contributed by atoms with Gasteiger partial charge < -0.3 is 15.6 Å². The molecule has 1 atom stereocenters. The average molecular weight is 365 g/mol. The Morgan fingerprint density at radius 2 is 2.08 bits per heavy atom. The van der Waals surface area contributed by atoms with Crippen LogP contribution in [0.5, 0.6) is 0 Å². The van der Waals surface area contributed by atoms with Gasteiger partial charge >= 0.3 is 6.03 Å². The second-order valence-electron chi connectivity index (χ2n) is 5.90. The summed E-state index contributed by atoms with van der Waals surface area (Å²) in [4.78, 5) is 30.8. The maximum Gasteiger partial charge on any atom is 0.315 e. The lowest BCUT2D eigenvalue weighted by atomic mass is 10.3. The monoisotopic (exact) mass is 365 g/mol. The number of anilines is 1. The fourth-order valence-corrected chi connectivity index (χ4v) is 4.31. The molecular formula is C15H19N5O4S. The SMILES string of the molecule is O=C(CCNC(=O)N[C@H]1CCS(=O)(=O)C1)Nc1nc2ccccc2[nH]1. The summed E-state index contributed by atoms with van der Waals surface area (Å²) in [5.74, 6) is 0.125. The van der Waals surface area contributed by atoms with Gasteiger partial charge in [0.05, 0.1) is 22.5 Å². The molecule has 0 bridgehead atoms. The van der Waals surface area contributed by atoms with Crippen molar-refractivity contribution in [2.75, 3.05) is 23.4 Å². The van der Waals surface area contributed by atoms with E-state index in [0.29, 0.717) is 12.4 Å². The molecule has 2 aromatic rings. The lowest BCUT2D eigenvalue weighted by Crippen LogP contribution is -2.43. The third-order valence-corrected chi connectivity index (χ3v) is 5.62. The number of sulfone groups is 1. The molecule has 10 heteroatoms. The molecule has 9 nitrogen and oxygen atoms in total. The summed E-state index contributed by atoms with van der Waals surface area (Å²) in [6, 6.07) is 6.56. The van der Waals surface area contributed by atoms with Crippen molar-refractivity contribution >= 4 is 38.8 Å². The number of nitrogens with one attached hydrogen (secondary N) is 4. The van der Waals surface area contributed by atoms with E-state index >= 15 is 0 Å². The topological polar surface area (TPSA) is 133 Å². The largest absolute Gasteiger partial charge is 0.338 e. The molecule has 1 saturated heterocycles. The molecule has 0 radical (unpaired) electrons. The zero-order valence-corrected chi connectivity index (χ0v) is 14.2. The first-order valence-corrected chi connectivity index (χ1v) is 9.73. The van der Waals surface area contributed by atoms with E-state index in [2.05, 4.69) is 25.9 Å². The van der Waals surface area contributed by atoms with Gasteiger partial charge in [-0.1, -0.05) is 12.1 Å². The van der Waals surface area contributed by atoms with E-state index in [0.717, 1.165) is 11.0 Å². The summed E-state index contributed by atoms with van der Waals surface area (Å²) in [5, 5.41) is 7.77. The number of rotatable bonds is 5. The Kier molecular flexibility index (Phi) is 4.88. The maximum atomic E-state index is 11.9. The first kappa shape index (κ1) is 17.2. The Morgan fingerprint density at radius 3 is 2.80 bits per heavy atom. The van der Waals surface area contributed by atoms with Gasteiger partial charge in [-0.05, 0) is 18.6 Å². The zero-order chi connectivity index (χ0) is 17.9. The van der Waals surface area contributed by atoms with Crippen molar-refractivity contribution in [1.82, 2.24) is 20.6 Å². The summed E-state index contributed by atoms with van der Waals surface area (Å²) in [6.07, 6.45) is 0.496. The van der Waals surface area contributed by atoms with Crippen molar-refractivity contribution in [3.05, 3.63) is 24.3 Å². The van der Waals surface area contributed by atoms with E-state index in [1.165, 1.54) is 0 Å². The molecule has 3 rings (SSSR count). The molecular weight excluding hydrogens is 346 g/mol. The van der Waals surface area contributed by atoms with Crippen molar-refractivity contribution in [2.45, 2.75) is 18.9 Å². The number of imidazole rings is 1. The van der Waals surface area contributed by atoms with Gasteiger partial charge in [0.2, 0.25) is 11.9 Å². The molecule has 1 aromatic carbocycles. The number of fused-ring (bicyclic) bond motifs is 1. The van der Waals surface area contributed by atoms with Crippen molar-refractivity contribution in [1.29, 1.82) is 0 Å². The van der Waals surface area contributed by atoms with Crippen molar-refractivity contribution in [2.24, 2.45) is 0 Å². The Labute approximate surface area is 144 Å². The predicted octanol–water partition coefficient (Wildman–Crippen LogP) is 0.378. The van der Waals surface area contributed by atoms with E-state index in [4.69, 9.17) is 0 Å². The molecule has 25 heavy (non-hydrogen) atoms. The third kappa shape index (κ3) is 4.69. The van der Waals surface area contributed by atoms with Crippen LogP contribution in [0.4, 0.5) is 10.7 Å². The van der Waals surface area contributed by atoms with Crippen LogP contribution in [0.1, 0.15) is 12.8 Å². The number of benzene rings is 1. The highest BCUT2D eigenvalue weighted by molar-refractivity contribution is 7.91. The number of hydrogen-bond donors (Lipinski definition) is 4. The summed E-state index contributed by atoms with van der Waals surface area (Å²) >= 11 is 0. The van der Waals surface area contributed by atoms with Crippen LogP contribution in [0.15, 0.2) is 24.3 Å². The molecule has 0 spiro atoms. The smallest absolute Gasteiger partial charge is 0.315 e. The minimum Gasteiger partial charge on any atom is -0.338 e. The molecule has 0 saturated carbocycles. The fraction of sp³-hybridized carbons (Fsp3) is 0.400. The number of aromatic amines is 1. The van der Waals surface area contributed by atoms with E-state index in [1.807, 2.05) is 24.3 Å². The first-order chi connectivity index (χ1) is 11.9. The summed E-state index contributed by atoms with van der Waals surface area (Å²) in [7, 11) is -3.04. The van der Waals surface area contributed by atoms with Gasteiger partial charge in [0.25, 0.3) is 0 Å². The highest BCUT2D eigenvalue weighted by Crippen LogP contribution is 2.13. The quantitative estimate of drug-likeness (QED) is 0.608. The van der Waals surface area contributed by atoms with E-state index in [-0.39, 0.29) is 36.4 Å². The van der Waals surface area contributed by atoms with Crippen LogP contribution in [0.2, 0.25) is 0 Å². The Bertz CT molecular complexity index is 859. The van der Waals surface area contributed by atoms with Crippen LogP contribution in [-0.4, -0.2) is 54.4 Å². The molecule has 0 unspecified atom stereocenters. The third-order valence-electron chi connectivity index (χ3n) is 3.85. The van der Waals surface area contributed by atoms with Crippen LogP contribution in [0, 0.1) is 0 Å². The molecule has 134 valence electrons. The molecule has 0 aliphatic carbocycles. The first-order valence-electron chi connectivity index (χ1n) is 7.91. The highest BCUT2D eigenvalue weighted by Gasteiger charge is 2.28. The number of hydrogen-bond acceptors (Lipinski definition) is 5. The minimum absolute atomic E-state index is 0.0348. The standard InChI is InChI=1S/C15H19N5O4S/c21-13(20-14-18-11-3-1-2-4-12(11)19-14)5-7-16-15(22)17-10-6-8-25(23,24)9-10/h1-4,10H,5-9H2,(H2,16,17,22)(H2,18,19,20,21)/t10-/m0/s1. The zero-order valence-electron chi connectivity index (χ0n) is 13.4. The maximum absolute atomic E-state index is 11.9. The molecule has 1 aromatic heterocycles. The summed E-state index contributed by atoms with van der Waals surface area (Å²) in [5.41, 5.74) is 1.57. The van der Waals surface area contributed by atoms with Gasteiger partial charge in [0, 0.05) is 19.0 Å². The van der Waals surface area contributed by atoms with Gasteiger partial charge in [-0.25, -0.2) is 18.2 Å². The normalized spacial score (nSPS) is 18.8. The Hall–Kier alpha value is -2.62. The van der Waals surface area contributed by atoms with E-state index in [9.17, 15) is 18.0 Å². The Morgan fingerprint density at radius 1 is 1.28 bits per heavy atom. The number of aromatic nitrogens is 2. The number of H-pyrrole nitrogens is 1. The van der Waals surface area contributed by atoms with Crippen molar-refractivity contribution in [3.8, 4) is 0 Å². The fourth-order valence-electron chi connectivity index (χ4n) is 2.64. The highest BCUT2D eigenvalue weighted by atomic mass is 32.2. The van der Waals surface area contributed by atoms with Gasteiger partial charge in [-0.3, -0.25) is 10.1 Å². The second kappa shape index (κ2) is 7.09. The van der Waals surface area contributed by atoms with Crippen molar-refractivity contribution in [3.63, 3.8) is 0 Å².